The van der Waals surface area contributed by atoms with Gasteiger partial charge in [-0.3, -0.25) is 5.10 Å². The molecule has 1 aromatic carbocycles. The molecule has 0 spiro atoms. The number of nitrogens with zero attached hydrogens (tertiary/aromatic N) is 2. The van der Waals surface area contributed by atoms with Crippen LogP contribution in [0.25, 0.3) is 22.6 Å². The Labute approximate surface area is 107 Å². The molecule has 0 amide bonds. The van der Waals surface area contributed by atoms with E-state index in [1.165, 1.54) is 6.07 Å². The van der Waals surface area contributed by atoms with E-state index in [9.17, 15) is 4.79 Å². The van der Waals surface area contributed by atoms with Crippen LogP contribution in [-0.2, 0) is 0 Å². The Morgan fingerprint density at radius 1 is 1.16 bits per heavy atom. The Morgan fingerprint density at radius 2 is 1.95 bits per heavy atom. The summed E-state index contributed by atoms with van der Waals surface area (Å²) in [6, 6.07) is 12.8. The summed E-state index contributed by atoms with van der Waals surface area (Å²) in [6.07, 6.45) is 0. The molecule has 0 aliphatic carbocycles. The van der Waals surface area contributed by atoms with Crippen molar-refractivity contribution in [3.63, 3.8) is 0 Å². The molecule has 94 valence electrons. The minimum atomic E-state index is -1.15. The molecule has 0 aliphatic rings. The topological polar surface area (TPSA) is 92.0 Å². The molecule has 0 saturated carbocycles. The molecular formula is C13H9N3O3. The molecule has 2 heterocycles. The first-order chi connectivity index (χ1) is 9.24. The highest BCUT2D eigenvalue weighted by Gasteiger charge is 2.14. The van der Waals surface area contributed by atoms with Crippen molar-refractivity contribution in [2.24, 2.45) is 0 Å². The summed E-state index contributed by atoms with van der Waals surface area (Å²) in [5, 5.41) is 19.4. The maximum atomic E-state index is 10.7. The highest BCUT2D eigenvalue weighted by molar-refractivity contribution is 5.85. The van der Waals surface area contributed by atoms with E-state index < -0.39 is 5.97 Å². The van der Waals surface area contributed by atoms with E-state index in [0.29, 0.717) is 11.4 Å². The van der Waals surface area contributed by atoms with Gasteiger partial charge in [0.25, 0.3) is 0 Å². The van der Waals surface area contributed by atoms with Crippen LogP contribution >= 0.6 is 0 Å². The van der Waals surface area contributed by atoms with E-state index in [1.54, 1.807) is 6.07 Å². The Kier molecular flexibility index (Phi) is 2.60. The quantitative estimate of drug-likeness (QED) is 0.749. The van der Waals surface area contributed by atoms with E-state index in [-0.39, 0.29) is 5.76 Å². The lowest BCUT2D eigenvalue weighted by atomic mass is 10.1. The van der Waals surface area contributed by atoms with Gasteiger partial charge in [-0.2, -0.15) is 5.10 Å². The number of H-pyrrole nitrogens is 1. The van der Waals surface area contributed by atoms with Gasteiger partial charge in [-0.05, 0) is 6.07 Å². The predicted octanol–water partition coefficient (Wildman–Crippen LogP) is 2.43. The third-order valence-electron chi connectivity index (χ3n) is 2.64. The second-order valence-electron chi connectivity index (χ2n) is 3.91. The van der Waals surface area contributed by atoms with Gasteiger partial charge in [-0.15, -0.1) is 0 Å². The lowest BCUT2D eigenvalue weighted by molar-refractivity contribution is 0.0652. The van der Waals surface area contributed by atoms with Crippen molar-refractivity contribution in [1.82, 2.24) is 15.4 Å². The Bertz CT molecular complexity index is 716. The molecule has 19 heavy (non-hydrogen) atoms. The molecule has 6 nitrogen and oxygen atoms in total. The summed E-state index contributed by atoms with van der Waals surface area (Å²) in [5.41, 5.74) is 2.74. The van der Waals surface area contributed by atoms with Crippen molar-refractivity contribution in [2.75, 3.05) is 0 Å². The number of aromatic nitrogens is 3. The number of rotatable bonds is 3. The van der Waals surface area contributed by atoms with Crippen molar-refractivity contribution in [1.29, 1.82) is 0 Å². The number of aromatic carboxylic acids is 1. The molecule has 6 heteroatoms. The minimum absolute atomic E-state index is 0.203. The summed E-state index contributed by atoms with van der Waals surface area (Å²) in [5.74, 6) is -1.35. The average Bonchev–Trinajstić information content (AvgIpc) is 3.09. The third kappa shape index (κ3) is 2.11. The number of hydrogen-bond donors (Lipinski definition) is 2. The second kappa shape index (κ2) is 4.41. The zero-order valence-electron chi connectivity index (χ0n) is 9.70. The maximum Gasteiger partial charge on any atom is 0.374 e. The molecule has 0 unspecified atom stereocenters. The standard InChI is InChI=1S/C13H9N3O3/c17-13(18)12-7-11(16-19-12)10-6-9(14-15-10)8-4-2-1-3-5-8/h1-7H,(H,14,15)(H,17,18). The van der Waals surface area contributed by atoms with Gasteiger partial charge in [0.15, 0.2) is 0 Å². The van der Waals surface area contributed by atoms with Crippen LogP contribution in [0.4, 0.5) is 0 Å². The monoisotopic (exact) mass is 255 g/mol. The molecule has 0 radical (unpaired) electrons. The predicted molar refractivity (Wildman–Crippen MR) is 66.5 cm³/mol. The van der Waals surface area contributed by atoms with E-state index in [0.717, 1.165) is 11.3 Å². The smallest absolute Gasteiger partial charge is 0.374 e. The fourth-order valence-electron chi connectivity index (χ4n) is 1.71. The van der Waals surface area contributed by atoms with Gasteiger partial charge in [-0.25, -0.2) is 4.79 Å². The molecule has 0 saturated heterocycles. The van der Waals surface area contributed by atoms with Crippen LogP contribution in [0, 0.1) is 0 Å². The first-order valence-electron chi connectivity index (χ1n) is 5.55. The van der Waals surface area contributed by atoms with Crippen LogP contribution in [0.3, 0.4) is 0 Å². The number of carboxylic acid groups (broad SMARTS) is 1. The van der Waals surface area contributed by atoms with E-state index in [4.69, 9.17) is 9.63 Å². The Hall–Kier alpha value is -2.89. The van der Waals surface area contributed by atoms with E-state index >= 15 is 0 Å². The number of carbonyl (C=O) groups is 1. The average molecular weight is 255 g/mol. The molecule has 3 aromatic rings. The second-order valence-corrected chi connectivity index (χ2v) is 3.91. The van der Waals surface area contributed by atoms with Crippen molar-refractivity contribution in [2.45, 2.75) is 0 Å². The fraction of sp³-hybridized carbons (Fsp3) is 0. The molecule has 0 bridgehead atoms. The van der Waals surface area contributed by atoms with Gasteiger partial charge < -0.3 is 9.63 Å². The van der Waals surface area contributed by atoms with E-state index in [1.807, 2.05) is 30.3 Å². The zero-order valence-corrected chi connectivity index (χ0v) is 9.70. The van der Waals surface area contributed by atoms with Crippen LogP contribution < -0.4 is 0 Å². The van der Waals surface area contributed by atoms with E-state index in [2.05, 4.69) is 15.4 Å². The van der Waals surface area contributed by atoms with Gasteiger partial charge >= 0.3 is 5.97 Å². The zero-order chi connectivity index (χ0) is 13.2. The minimum Gasteiger partial charge on any atom is -0.475 e. The first kappa shape index (κ1) is 11.2. The van der Waals surface area contributed by atoms with Crippen LogP contribution in [0.15, 0.2) is 47.0 Å². The number of benzene rings is 1. The third-order valence-corrected chi connectivity index (χ3v) is 2.64. The molecule has 0 atom stereocenters. The molecule has 3 rings (SSSR count). The van der Waals surface area contributed by atoms with Crippen molar-refractivity contribution < 1.29 is 14.4 Å². The number of aromatic amines is 1. The Balaban J connectivity index is 1.94. The van der Waals surface area contributed by atoms with Gasteiger partial charge in [-0.1, -0.05) is 35.5 Å². The highest BCUT2D eigenvalue weighted by atomic mass is 16.5. The highest BCUT2D eigenvalue weighted by Crippen LogP contribution is 2.23. The van der Waals surface area contributed by atoms with Gasteiger partial charge in [0, 0.05) is 11.6 Å². The van der Waals surface area contributed by atoms with Crippen molar-refractivity contribution in [3.05, 3.63) is 48.2 Å². The van der Waals surface area contributed by atoms with Crippen molar-refractivity contribution >= 4 is 5.97 Å². The van der Waals surface area contributed by atoms with Gasteiger partial charge in [0.2, 0.25) is 5.76 Å². The Morgan fingerprint density at radius 3 is 2.63 bits per heavy atom. The normalized spacial score (nSPS) is 10.5. The SMILES string of the molecule is O=C(O)c1cc(-c2cc(-c3ccccc3)n[nH]2)no1. The first-order valence-corrected chi connectivity index (χ1v) is 5.55. The lowest BCUT2D eigenvalue weighted by Gasteiger charge is -1.92. The largest absolute Gasteiger partial charge is 0.475 e. The van der Waals surface area contributed by atoms with Crippen LogP contribution in [0.5, 0.6) is 0 Å². The molecule has 2 N–H and O–H groups in total. The van der Waals surface area contributed by atoms with Gasteiger partial charge in [0.1, 0.15) is 5.69 Å². The lowest BCUT2D eigenvalue weighted by Crippen LogP contribution is -1.91. The van der Waals surface area contributed by atoms with Crippen LogP contribution in [0.2, 0.25) is 0 Å². The number of carboxylic acids is 1. The van der Waals surface area contributed by atoms with Crippen LogP contribution in [0.1, 0.15) is 10.6 Å². The summed E-state index contributed by atoms with van der Waals surface area (Å²) >= 11 is 0. The molecule has 0 aliphatic heterocycles. The number of hydrogen-bond acceptors (Lipinski definition) is 4. The number of nitrogens with one attached hydrogen (secondary N) is 1. The summed E-state index contributed by atoms with van der Waals surface area (Å²) in [4.78, 5) is 10.7. The summed E-state index contributed by atoms with van der Waals surface area (Å²) < 4.78 is 4.70. The summed E-state index contributed by atoms with van der Waals surface area (Å²) in [6.45, 7) is 0. The molecular weight excluding hydrogens is 246 g/mol. The molecule has 0 fully saturated rings. The maximum absolute atomic E-state index is 10.7. The van der Waals surface area contributed by atoms with Gasteiger partial charge in [0.05, 0.1) is 11.4 Å². The fourth-order valence-corrected chi connectivity index (χ4v) is 1.71. The molecule has 2 aromatic heterocycles. The van der Waals surface area contributed by atoms with Crippen molar-refractivity contribution in [3.8, 4) is 22.6 Å². The van der Waals surface area contributed by atoms with Crippen LogP contribution in [-0.4, -0.2) is 26.4 Å². The summed E-state index contributed by atoms with van der Waals surface area (Å²) in [7, 11) is 0.